The molecule has 0 aromatic rings. The number of aliphatic carboxylic acids is 1. The first-order chi connectivity index (χ1) is 7.27. The minimum absolute atomic E-state index is 0.257. The lowest BCUT2D eigenvalue weighted by atomic mass is 9.88. The van der Waals surface area contributed by atoms with E-state index in [0.29, 0.717) is 6.42 Å². The van der Waals surface area contributed by atoms with E-state index < -0.39 is 11.4 Å². The summed E-state index contributed by atoms with van der Waals surface area (Å²) in [5, 5.41) is 18.5. The van der Waals surface area contributed by atoms with Gasteiger partial charge in [-0.1, -0.05) is 13.3 Å². The topological polar surface area (TPSA) is 57.5 Å². The van der Waals surface area contributed by atoms with Gasteiger partial charge in [-0.3, -0.25) is 4.79 Å². The van der Waals surface area contributed by atoms with E-state index in [0.717, 1.165) is 18.6 Å². The van der Waals surface area contributed by atoms with Gasteiger partial charge in [-0.2, -0.15) is 11.8 Å². The average molecular weight is 248 g/mol. The summed E-state index contributed by atoms with van der Waals surface area (Å²) in [6.45, 7) is 7.34. The van der Waals surface area contributed by atoms with Gasteiger partial charge in [0, 0.05) is 5.25 Å². The Morgan fingerprint density at radius 1 is 1.31 bits per heavy atom. The monoisotopic (exact) mass is 248 g/mol. The molecule has 2 atom stereocenters. The van der Waals surface area contributed by atoms with Gasteiger partial charge < -0.3 is 10.2 Å². The minimum atomic E-state index is -0.725. The smallest absolute Gasteiger partial charge is 0.309 e. The summed E-state index contributed by atoms with van der Waals surface area (Å²) < 4.78 is 0. The van der Waals surface area contributed by atoms with Crippen LogP contribution >= 0.6 is 11.8 Å². The molecule has 0 radical (unpaired) electrons. The molecule has 2 unspecified atom stereocenters. The Kier molecular flexibility index (Phi) is 7.07. The molecule has 16 heavy (non-hydrogen) atoms. The number of rotatable bonds is 8. The van der Waals surface area contributed by atoms with E-state index in [1.807, 2.05) is 6.92 Å². The van der Waals surface area contributed by atoms with Crippen LogP contribution in [-0.4, -0.2) is 33.3 Å². The van der Waals surface area contributed by atoms with E-state index in [2.05, 4.69) is 0 Å². The highest BCUT2D eigenvalue weighted by atomic mass is 32.2. The molecule has 0 saturated heterocycles. The van der Waals surface area contributed by atoms with Crippen molar-refractivity contribution in [3.8, 4) is 0 Å². The maximum absolute atomic E-state index is 10.8. The van der Waals surface area contributed by atoms with E-state index in [9.17, 15) is 9.90 Å². The average Bonchev–Trinajstić information content (AvgIpc) is 2.16. The van der Waals surface area contributed by atoms with Crippen LogP contribution in [0.25, 0.3) is 0 Å². The number of carboxylic acids is 1. The lowest BCUT2D eigenvalue weighted by Gasteiger charge is -2.19. The van der Waals surface area contributed by atoms with Crippen LogP contribution in [-0.2, 0) is 4.79 Å². The molecule has 0 heterocycles. The third kappa shape index (κ3) is 6.38. The summed E-state index contributed by atoms with van der Waals surface area (Å²) in [6, 6.07) is 0. The van der Waals surface area contributed by atoms with Crippen molar-refractivity contribution in [3.05, 3.63) is 0 Å². The number of hydrogen-bond acceptors (Lipinski definition) is 3. The van der Waals surface area contributed by atoms with E-state index in [-0.39, 0.29) is 11.4 Å². The Balaban J connectivity index is 3.58. The zero-order valence-electron chi connectivity index (χ0n) is 10.7. The molecule has 0 aromatic heterocycles. The first-order valence-corrected chi connectivity index (χ1v) is 6.85. The molecule has 3 nitrogen and oxygen atoms in total. The Bertz CT molecular complexity index is 214. The standard InChI is InChI=1S/C12H24O3S/c1-9(13)10(2)16-8-6-5-7-12(3,4)11(14)15/h9-10,13H,5-8H2,1-4H3,(H,14,15). The molecule has 0 aliphatic heterocycles. The van der Waals surface area contributed by atoms with Crippen molar-refractivity contribution in [2.75, 3.05) is 5.75 Å². The van der Waals surface area contributed by atoms with Crippen LogP contribution in [0.1, 0.15) is 47.0 Å². The summed E-state index contributed by atoms with van der Waals surface area (Å²) >= 11 is 1.75. The van der Waals surface area contributed by atoms with Gasteiger partial charge in [-0.05, 0) is 39.4 Å². The number of unbranched alkanes of at least 4 members (excludes halogenated alkanes) is 1. The quantitative estimate of drug-likeness (QED) is 0.649. The molecule has 0 fully saturated rings. The highest BCUT2D eigenvalue weighted by Gasteiger charge is 2.25. The molecule has 4 heteroatoms. The molecule has 0 bridgehead atoms. The number of carbonyl (C=O) groups is 1. The van der Waals surface area contributed by atoms with Crippen LogP contribution in [0.4, 0.5) is 0 Å². The molecular formula is C12H24O3S. The fourth-order valence-corrected chi connectivity index (χ4v) is 2.21. The van der Waals surface area contributed by atoms with Gasteiger partial charge in [0.05, 0.1) is 11.5 Å². The van der Waals surface area contributed by atoms with Gasteiger partial charge in [-0.15, -0.1) is 0 Å². The number of carboxylic acid groups (broad SMARTS) is 1. The van der Waals surface area contributed by atoms with Gasteiger partial charge in [0.1, 0.15) is 0 Å². The highest BCUT2D eigenvalue weighted by Crippen LogP contribution is 2.24. The Morgan fingerprint density at radius 3 is 2.31 bits per heavy atom. The summed E-state index contributed by atoms with van der Waals surface area (Å²) in [7, 11) is 0. The largest absolute Gasteiger partial charge is 0.481 e. The van der Waals surface area contributed by atoms with Gasteiger partial charge in [-0.25, -0.2) is 0 Å². The third-order valence-corrected chi connectivity index (χ3v) is 4.28. The molecule has 2 N–H and O–H groups in total. The first kappa shape index (κ1) is 15.8. The second-order valence-electron chi connectivity index (χ2n) is 4.96. The SMILES string of the molecule is CC(O)C(C)SCCCCC(C)(C)C(=O)O. The summed E-state index contributed by atoms with van der Waals surface area (Å²) in [4.78, 5) is 10.8. The predicted octanol–water partition coefficient (Wildman–Crippen LogP) is 2.77. The van der Waals surface area contributed by atoms with Gasteiger partial charge in [0.2, 0.25) is 0 Å². The molecule has 96 valence electrons. The highest BCUT2D eigenvalue weighted by molar-refractivity contribution is 7.99. The summed E-state index contributed by atoms with van der Waals surface area (Å²) in [5.74, 6) is 0.263. The molecule has 0 amide bonds. The maximum Gasteiger partial charge on any atom is 0.309 e. The van der Waals surface area contributed by atoms with Crippen LogP contribution in [0, 0.1) is 5.41 Å². The molecule has 0 aliphatic rings. The summed E-state index contributed by atoms with van der Waals surface area (Å²) in [6.07, 6.45) is 2.38. The maximum atomic E-state index is 10.8. The predicted molar refractivity (Wildman–Crippen MR) is 68.9 cm³/mol. The molecule has 0 rings (SSSR count). The number of hydrogen-bond donors (Lipinski definition) is 2. The van der Waals surface area contributed by atoms with Crippen molar-refractivity contribution in [3.63, 3.8) is 0 Å². The van der Waals surface area contributed by atoms with Crippen molar-refractivity contribution < 1.29 is 15.0 Å². The van der Waals surface area contributed by atoms with Gasteiger partial charge in [0.25, 0.3) is 0 Å². The molecule has 0 aliphatic carbocycles. The van der Waals surface area contributed by atoms with Crippen molar-refractivity contribution in [1.82, 2.24) is 0 Å². The van der Waals surface area contributed by atoms with E-state index in [1.165, 1.54) is 0 Å². The normalized spacial score (nSPS) is 15.8. The molecule has 0 saturated carbocycles. The fraction of sp³-hybridized carbons (Fsp3) is 0.917. The lowest BCUT2D eigenvalue weighted by molar-refractivity contribution is -0.147. The van der Waals surface area contributed by atoms with Crippen molar-refractivity contribution in [1.29, 1.82) is 0 Å². The Labute approximate surface area is 103 Å². The van der Waals surface area contributed by atoms with Crippen molar-refractivity contribution in [2.45, 2.75) is 58.3 Å². The zero-order chi connectivity index (χ0) is 12.8. The fourth-order valence-electron chi connectivity index (χ4n) is 1.18. The molecule has 0 spiro atoms. The first-order valence-electron chi connectivity index (χ1n) is 5.80. The molecular weight excluding hydrogens is 224 g/mol. The minimum Gasteiger partial charge on any atom is -0.481 e. The van der Waals surface area contributed by atoms with Crippen molar-refractivity contribution in [2.24, 2.45) is 5.41 Å². The van der Waals surface area contributed by atoms with Crippen LogP contribution in [0.2, 0.25) is 0 Å². The second kappa shape index (κ2) is 7.17. The van der Waals surface area contributed by atoms with Crippen LogP contribution in [0.15, 0.2) is 0 Å². The Morgan fingerprint density at radius 2 is 1.88 bits per heavy atom. The van der Waals surface area contributed by atoms with Gasteiger partial charge >= 0.3 is 5.97 Å². The third-order valence-electron chi connectivity index (χ3n) is 2.84. The number of thioether (sulfide) groups is 1. The van der Waals surface area contributed by atoms with Crippen molar-refractivity contribution >= 4 is 17.7 Å². The van der Waals surface area contributed by atoms with Crippen LogP contribution in [0.5, 0.6) is 0 Å². The van der Waals surface area contributed by atoms with Crippen LogP contribution in [0.3, 0.4) is 0 Å². The zero-order valence-corrected chi connectivity index (χ0v) is 11.5. The van der Waals surface area contributed by atoms with E-state index in [1.54, 1.807) is 32.5 Å². The second-order valence-corrected chi connectivity index (χ2v) is 6.45. The molecule has 0 aromatic carbocycles. The number of aliphatic hydroxyl groups is 1. The van der Waals surface area contributed by atoms with Crippen LogP contribution < -0.4 is 0 Å². The number of aliphatic hydroxyl groups excluding tert-OH is 1. The van der Waals surface area contributed by atoms with E-state index >= 15 is 0 Å². The Hall–Kier alpha value is -0.220. The lowest BCUT2D eigenvalue weighted by Crippen LogP contribution is -2.23. The van der Waals surface area contributed by atoms with Gasteiger partial charge in [0.15, 0.2) is 0 Å². The van der Waals surface area contributed by atoms with E-state index in [4.69, 9.17) is 5.11 Å². The summed E-state index contributed by atoms with van der Waals surface area (Å²) in [5.41, 5.74) is -0.611.